The third kappa shape index (κ3) is 4.50. The van der Waals surface area contributed by atoms with E-state index in [9.17, 15) is 18.4 Å². The van der Waals surface area contributed by atoms with Crippen molar-refractivity contribution in [2.45, 2.75) is 38.8 Å². The molecule has 1 saturated heterocycles. The molecule has 2 N–H and O–H groups in total. The van der Waals surface area contributed by atoms with Crippen molar-refractivity contribution in [3.8, 4) is 0 Å². The van der Waals surface area contributed by atoms with Gasteiger partial charge in [-0.2, -0.15) is 0 Å². The lowest BCUT2D eigenvalue weighted by molar-refractivity contribution is -0.124. The zero-order chi connectivity index (χ0) is 17.7. The Labute approximate surface area is 139 Å². The van der Waals surface area contributed by atoms with E-state index in [1.807, 2.05) is 0 Å². The topological polar surface area (TPSA) is 67.4 Å². The average molecular weight is 340 g/mol. The first-order valence-electron chi connectivity index (χ1n) is 8.04. The summed E-state index contributed by atoms with van der Waals surface area (Å²) in [5.41, 5.74) is -0.685. The number of halogens is 2. The number of amides is 2. The number of hydrogen-bond donors (Lipinski definition) is 2. The first-order valence-corrected chi connectivity index (χ1v) is 8.04. The van der Waals surface area contributed by atoms with E-state index in [2.05, 4.69) is 10.6 Å². The smallest absolute Gasteiger partial charge is 0.257 e. The molecule has 0 radical (unpaired) electrons. The summed E-state index contributed by atoms with van der Waals surface area (Å²) in [6, 6.07) is 2.29. The van der Waals surface area contributed by atoms with Crippen LogP contribution in [0.4, 0.5) is 8.78 Å². The molecule has 1 fully saturated rings. The molecule has 1 aromatic carbocycles. The highest BCUT2D eigenvalue weighted by molar-refractivity contribution is 5.98. The largest absolute Gasteiger partial charge is 0.376 e. The standard InChI is InChI=1S/C17H22F2N2O3/c1-10(2)15(17(23)20-9-11-5-4-8-24-11)21-16(22)14-12(18)6-3-7-13(14)19/h3,6-7,10-11,15H,4-5,8-9H2,1-2H3,(H,20,23)(H,21,22)/t11-,15+/m1/s1. The van der Waals surface area contributed by atoms with E-state index in [-0.39, 0.29) is 12.0 Å². The third-order valence-electron chi connectivity index (χ3n) is 3.95. The second-order valence-corrected chi connectivity index (χ2v) is 6.17. The molecular weight excluding hydrogens is 318 g/mol. The number of rotatable bonds is 6. The van der Waals surface area contributed by atoms with Crippen LogP contribution in [0.25, 0.3) is 0 Å². The lowest BCUT2D eigenvalue weighted by Crippen LogP contribution is -2.51. The van der Waals surface area contributed by atoms with Gasteiger partial charge in [0.05, 0.1) is 6.10 Å². The first-order chi connectivity index (χ1) is 11.4. The fourth-order valence-corrected chi connectivity index (χ4v) is 2.59. The number of carbonyl (C=O) groups is 2. The predicted octanol–water partition coefficient (Wildman–Crippen LogP) is 2.01. The maximum absolute atomic E-state index is 13.7. The van der Waals surface area contributed by atoms with Gasteiger partial charge in [-0.1, -0.05) is 19.9 Å². The second-order valence-electron chi connectivity index (χ2n) is 6.17. The molecule has 0 unspecified atom stereocenters. The van der Waals surface area contributed by atoms with Gasteiger partial charge in [0.2, 0.25) is 5.91 Å². The normalized spacial score (nSPS) is 18.5. The van der Waals surface area contributed by atoms with Gasteiger partial charge in [-0.25, -0.2) is 8.78 Å². The molecule has 132 valence electrons. The Bertz CT molecular complexity index is 581. The van der Waals surface area contributed by atoms with Crippen LogP contribution >= 0.6 is 0 Å². The molecule has 7 heteroatoms. The number of ether oxygens (including phenoxy) is 1. The maximum atomic E-state index is 13.7. The maximum Gasteiger partial charge on any atom is 0.257 e. The van der Waals surface area contributed by atoms with Crippen LogP contribution in [0.2, 0.25) is 0 Å². The Balaban J connectivity index is 2.01. The molecule has 0 spiro atoms. The fourth-order valence-electron chi connectivity index (χ4n) is 2.59. The van der Waals surface area contributed by atoms with Crippen LogP contribution in [0.3, 0.4) is 0 Å². The van der Waals surface area contributed by atoms with E-state index in [4.69, 9.17) is 4.74 Å². The van der Waals surface area contributed by atoms with Crippen LogP contribution in [-0.2, 0) is 9.53 Å². The summed E-state index contributed by atoms with van der Waals surface area (Å²) in [7, 11) is 0. The lowest BCUT2D eigenvalue weighted by Gasteiger charge is -2.22. The highest BCUT2D eigenvalue weighted by Crippen LogP contribution is 2.14. The van der Waals surface area contributed by atoms with E-state index in [0.717, 1.165) is 25.0 Å². The van der Waals surface area contributed by atoms with Gasteiger partial charge >= 0.3 is 0 Å². The number of nitrogens with one attached hydrogen (secondary N) is 2. The molecule has 24 heavy (non-hydrogen) atoms. The van der Waals surface area contributed by atoms with Crippen molar-refractivity contribution in [2.75, 3.05) is 13.2 Å². The van der Waals surface area contributed by atoms with Gasteiger partial charge < -0.3 is 15.4 Å². The molecule has 1 aliphatic heterocycles. The van der Waals surface area contributed by atoms with E-state index < -0.39 is 35.1 Å². The van der Waals surface area contributed by atoms with Crippen molar-refractivity contribution >= 4 is 11.8 Å². The average Bonchev–Trinajstić information content (AvgIpc) is 3.03. The summed E-state index contributed by atoms with van der Waals surface area (Å²) < 4.78 is 32.8. The quantitative estimate of drug-likeness (QED) is 0.832. The summed E-state index contributed by atoms with van der Waals surface area (Å²) in [5.74, 6) is -3.51. The third-order valence-corrected chi connectivity index (χ3v) is 3.95. The number of benzene rings is 1. The molecule has 0 aliphatic carbocycles. The second kappa shape index (κ2) is 8.19. The zero-order valence-corrected chi connectivity index (χ0v) is 13.8. The summed E-state index contributed by atoms with van der Waals surface area (Å²) >= 11 is 0. The van der Waals surface area contributed by atoms with Crippen molar-refractivity contribution < 1.29 is 23.1 Å². The van der Waals surface area contributed by atoms with Crippen molar-refractivity contribution in [1.82, 2.24) is 10.6 Å². The lowest BCUT2D eigenvalue weighted by atomic mass is 10.0. The zero-order valence-electron chi connectivity index (χ0n) is 13.8. The Morgan fingerprint density at radius 3 is 2.50 bits per heavy atom. The molecular formula is C17H22F2N2O3. The Kier molecular flexibility index (Phi) is 6.25. The van der Waals surface area contributed by atoms with Gasteiger partial charge in [-0.05, 0) is 30.9 Å². The minimum Gasteiger partial charge on any atom is -0.376 e. The van der Waals surface area contributed by atoms with Gasteiger partial charge in [0.15, 0.2) is 0 Å². The highest BCUT2D eigenvalue weighted by atomic mass is 19.1. The number of carbonyl (C=O) groups excluding carboxylic acids is 2. The minimum absolute atomic E-state index is 0.0264. The fraction of sp³-hybridized carbons (Fsp3) is 0.529. The van der Waals surface area contributed by atoms with E-state index in [1.165, 1.54) is 6.07 Å². The van der Waals surface area contributed by atoms with Crippen molar-refractivity contribution in [2.24, 2.45) is 5.92 Å². The van der Waals surface area contributed by atoms with Gasteiger partial charge in [-0.15, -0.1) is 0 Å². The summed E-state index contributed by atoms with van der Waals surface area (Å²) in [4.78, 5) is 24.5. The summed E-state index contributed by atoms with van der Waals surface area (Å²) in [5, 5.41) is 5.14. The van der Waals surface area contributed by atoms with Crippen LogP contribution in [0.1, 0.15) is 37.0 Å². The van der Waals surface area contributed by atoms with Crippen LogP contribution in [0.15, 0.2) is 18.2 Å². The van der Waals surface area contributed by atoms with E-state index in [0.29, 0.717) is 13.2 Å². The molecule has 5 nitrogen and oxygen atoms in total. The van der Waals surface area contributed by atoms with Gasteiger partial charge in [0.1, 0.15) is 23.2 Å². The highest BCUT2D eigenvalue weighted by Gasteiger charge is 2.28. The molecule has 2 atom stereocenters. The Morgan fingerprint density at radius 2 is 1.96 bits per heavy atom. The van der Waals surface area contributed by atoms with E-state index in [1.54, 1.807) is 13.8 Å². The SMILES string of the molecule is CC(C)[C@H](NC(=O)c1c(F)cccc1F)C(=O)NC[C@H]1CCCO1. The summed E-state index contributed by atoms with van der Waals surface area (Å²) in [6.07, 6.45) is 1.80. The molecule has 2 rings (SSSR count). The Morgan fingerprint density at radius 1 is 1.29 bits per heavy atom. The molecule has 0 bridgehead atoms. The van der Waals surface area contributed by atoms with Gasteiger partial charge in [-0.3, -0.25) is 9.59 Å². The molecule has 0 saturated carbocycles. The van der Waals surface area contributed by atoms with E-state index >= 15 is 0 Å². The predicted molar refractivity (Wildman–Crippen MR) is 84.4 cm³/mol. The first kappa shape index (κ1) is 18.3. The molecule has 2 amide bonds. The molecule has 1 heterocycles. The van der Waals surface area contributed by atoms with Gasteiger partial charge in [0.25, 0.3) is 5.91 Å². The van der Waals surface area contributed by atoms with Crippen LogP contribution in [-0.4, -0.2) is 37.1 Å². The Hall–Kier alpha value is -2.02. The molecule has 1 aliphatic rings. The van der Waals surface area contributed by atoms with Crippen molar-refractivity contribution in [1.29, 1.82) is 0 Å². The summed E-state index contributed by atoms with van der Waals surface area (Å²) in [6.45, 7) is 4.52. The number of hydrogen-bond acceptors (Lipinski definition) is 3. The molecule has 1 aromatic rings. The minimum atomic E-state index is -0.963. The van der Waals surface area contributed by atoms with Gasteiger partial charge in [0, 0.05) is 13.2 Å². The van der Waals surface area contributed by atoms with Crippen molar-refractivity contribution in [3.63, 3.8) is 0 Å². The van der Waals surface area contributed by atoms with Crippen LogP contribution in [0.5, 0.6) is 0 Å². The van der Waals surface area contributed by atoms with Crippen LogP contribution in [0, 0.1) is 17.6 Å². The molecule has 0 aromatic heterocycles. The van der Waals surface area contributed by atoms with Crippen molar-refractivity contribution in [3.05, 3.63) is 35.4 Å². The monoisotopic (exact) mass is 340 g/mol. The van der Waals surface area contributed by atoms with Crippen LogP contribution < -0.4 is 10.6 Å².